The van der Waals surface area contributed by atoms with Crippen LogP contribution in [-0.4, -0.2) is 25.0 Å². The smallest absolute Gasteiger partial charge is 0.317 e. The molecule has 4 nitrogen and oxygen atoms in total. The van der Waals surface area contributed by atoms with E-state index in [-0.39, 0.29) is 18.3 Å². The van der Waals surface area contributed by atoms with Crippen LogP contribution in [0.5, 0.6) is 5.75 Å². The summed E-state index contributed by atoms with van der Waals surface area (Å²) in [6.07, 6.45) is 0. The van der Waals surface area contributed by atoms with Gasteiger partial charge in [0.25, 0.3) is 0 Å². The van der Waals surface area contributed by atoms with Crippen molar-refractivity contribution in [2.45, 2.75) is 27.7 Å². The summed E-state index contributed by atoms with van der Waals surface area (Å²) in [5.41, 5.74) is 0.432. The quantitative estimate of drug-likeness (QED) is 0.437. The Morgan fingerprint density at radius 2 is 1.75 bits per heavy atom. The van der Waals surface area contributed by atoms with E-state index in [9.17, 15) is 9.59 Å². The second kappa shape index (κ2) is 7.68. The molecule has 0 amide bonds. The Morgan fingerprint density at radius 1 is 1.10 bits per heavy atom. The molecule has 1 rings (SSSR count). The van der Waals surface area contributed by atoms with E-state index < -0.39 is 11.9 Å². The fourth-order valence-electron chi connectivity index (χ4n) is 2.03. The third-order valence-corrected chi connectivity index (χ3v) is 2.94. The predicted molar refractivity (Wildman–Crippen MR) is 76.9 cm³/mol. The Kier molecular flexibility index (Phi) is 6.22. The number of benzene rings is 1. The first-order valence-corrected chi connectivity index (χ1v) is 6.95. The van der Waals surface area contributed by atoms with Crippen molar-refractivity contribution >= 4 is 11.8 Å². The van der Waals surface area contributed by atoms with Crippen LogP contribution in [0, 0.1) is 11.8 Å². The Labute approximate surface area is 120 Å². The van der Waals surface area contributed by atoms with Crippen molar-refractivity contribution in [3.05, 3.63) is 29.8 Å². The molecular weight excluding hydrogens is 256 g/mol. The summed E-state index contributed by atoms with van der Waals surface area (Å²) in [4.78, 5) is 24.6. The molecule has 0 radical (unpaired) electrons. The van der Waals surface area contributed by atoms with Crippen molar-refractivity contribution < 1.29 is 19.1 Å². The van der Waals surface area contributed by atoms with E-state index >= 15 is 0 Å². The van der Waals surface area contributed by atoms with E-state index in [1.165, 1.54) is 0 Å². The number of carbonyl (C=O) groups excluding carboxylic acids is 2. The lowest BCUT2D eigenvalue weighted by atomic mass is 9.87. The van der Waals surface area contributed by atoms with Crippen LogP contribution in [0.3, 0.4) is 0 Å². The molecule has 0 aromatic heterocycles. The molecule has 0 aliphatic heterocycles. The fraction of sp³-hybridized carbons (Fsp3) is 0.500. The molecule has 0 aliphatic carbocycles. The molecule has 0 spiro atoms. The second-order valence-corrected chi connectivity index (χ2v) is 4.77. The zero-order chi connectivity index (χ0) is 15.1. The van der Waals surface area contributed by atoms with Gasteiger partial charge >= 0.3 is 5.97 Å². The lowest BCUT2D eigenvalue weighted by Gasteiger charge is -2.19. The van der Waals surface area contributed by atoms with Gasteiger partial charge in [0.15, 0.2) is 5.78 Å². The molecule has 1 aromatic rings. The van der Waals surface area contributed by atoms with Gasteiger partial charge in [0.05, 0.1) is 18.8 Å². The van der Waals surface area contributed by atoms with Crippen molar-refractivity contribution in [3.8, 4) is 5.75 Å². The minimum Gasteiger partial charge on any atom is -0.493 e. The third kappa shape index (κ3) is 3.83. The fourth-order valence-corrected chi connectivity index (χ4v) is 2.03. The molecule has 4 heteroatoms. The Balaban J connectivity index is 3.09. The van der Waals surface area contributed by atoms with Gasteiger partial charge in [0.1, 0.15) is 11.7 Å². The molecule has 0 saturated carbocycles. The molecule has 0 aliphatic rings. The van der Waals surface area contributed by atoms with Crippen LogP contribution in [0.25, 0.3) is 0 Å². The van der Waals surface area contributed by atoms with Gasteiger partial charge in [-0.3, -0.25) is 9.59 Å². The standard InChI is InChI=1S/C16H22O4/c1-5-19-13-10-8-7-9-12(13)15(17)14(11(3)4)16(18)20-6-2/h7-11,14H,5-6H2,1-4H3. The van der Waals surface area contributed by atoms with Gasteiger partial charge in [-0.05, 0) is 31.9 Å². The van der Waals surface area contributed by atoms with E-state index in [1.54, 1.807) is 31.2 Å². The minimum atomic E-state index is -0.795. The van der Waals surface area contributed by atoms with Crippen LogP contribution in [0.2, 0.25) is 0 Å². The highest BCUT2D eigenvalue weighted by molar-refractivity contribution is 6.10. The number of para-hydroxylation sites is 1. The molecule has 0 fully saturated rings. The van der Waals surface area contributed by atoms with Gasteiger partial charge in [-0.2, -0.15) is 0 Å². The van der Waals surface area contributed by atoms with Crippen LogP contribution in [-0.2, 0) is 9.53 Å². The molecule has 1 aromatic carbocycles. The first kappa shape index (κ1) is 16.2. The Bertz CT molecular complexity index is 465. The number of rotatable bonds is 7. The number of ketones is 1. The molecule has 110 valence electrons. The third-order valence-electron chi connectivity index (χ3n) is 2.94. The number of hydrogen-bond acceptors (Lipinski definition) is 4. The molecule has 0 heterocycles. The maximum absolute atomic E-state index is 12.6. The van der Waals surface area contributed by atoms with Crippen LogP contribution in [0.15, 0.2) is 24.3 Å². The molecule has 0 bridgehead atoms. The van der Waals surface area contributed by atoms with Gasteiger partial charge in [0, 0.05) is 0 Å². The van der Waals surface area contributed by atoms with E-state index in [0.29, 0.717) is 17.9 Å². The topological polar surface area (TPSA) is 52.6 Å². The highest BCUT2D eigenvalue weighted by Crippen LogP contribution is 2.25. The van der Waals surface area contributed by atoms with E-state index in [2.05, 4.69) is 0 Å². The van der Waals surface area contributed by atoms with Crippen molar-refractivity contribution in [1.29, 1.82) is 0 Å². The molecule has 20 heavy (non-hydrogen) atoms. The van der Waals surface area contributed by atoms with Gasteiger partial charge in [0.2, 0.25) is 0 Å². The summed E-state index contributed by atoms with van der Waals surface area (Å²) in [7, 11) is 0. The summed E-state index contributed by atoms with van der Waals surface area (Å²) < 4.78 is 10.5. The lowest BCUT2D eigenvalue weighted by molar-refractivity contribution is -0.147. The number of Topliss-reactive ketones (excluding diaryl/α,β-unsaturated/α-hetero) is 1. The number of carbonyl (C=O) groups is 2. The highest BCUT2D eigenvalue weighted by Gasteiger charge is 2.33. The number of ether oxygens (including phenoxy) is 2. The first-order chi connectivity index (χ1) is 9.52. The average Bonchev–Trinajstić information content (AvgIpc) is 2.39. The van der Waals surface area contributed by atoms with Crippen molar-refractivity contribution in [2.75, 3.05) is 13.2 Å². The van der Waals surface area contributed by atoms with Crippen LogP contribution in [0.1, 0.15) is 38.1 Å². The predicted octanol–water partition coefficient (Wildman–Crippen LogP) is 3.10. The summed E-state index contributed by atoms with van der Waals surface area (Å²) in [5, 5.41) is 0. The maximum atomic E-state index is 12.6. The second-order valence-electron chi connectivity index (χ2n) is 4.77. The van der Waals surface area contributed by atoms with Crippen molar-refractivity contribution in [1.82, 2.24) is 0 Å². The summed E-state index contributed by atoms with van der Waals surface area (Å²) in [6.45, 7) is 7.99. The first-order valence-electron chi connectivity index (χ1n) is 6.95. The zero-order valence-corrected chi connectivity index (χ0v) is 12.5. The average molecular weight is 278 g/mol. The largest absolute Gasteiger partial charge is 0.493 e. The van der Waals surface area contributed by atoms with Crippen LogP contribution >= 0.6 is 0 Å². The summed E-state index contributed by atoms with van der Waals surface area (Å²) in [6, 6.07) is 6.98. The SMILES string of the molecule is CCOC(=O)C(C(=O)c1ccccc1OCC)C(C)C. The van der Waals surface area contributed by atoms with Gasteiger partial charge in [-0.25, -0.2) is 0 Å². The molecule has 1 atom stereocenters. The highest BCUT2D eigenvalue weighted by atomic mass is 16.5. The summed E-state index contributed by atoms with van der Waals surface area (Å²) >= 11 is 0. The monoisotopic (exact) mass is 278 g/mol. The van der Waals surface area contributed by atoms with Gasteiger partial charge in [-0.1, -0.05) is 26.0 Å². The molecule has 0 saturated heterocycles. The minimum absolute atomic E-state index is 0.128. The van der Waals surface area contributed by atoms with E-state index in [1.807, 2.05) is 20.8 Å². The number of esters is 1. The molecule has 1 unspecified atom stereocenters. The normalized spacial score (nSPS) is 12.1. The molecule has 0 N–H and O–H groups in total. The van der Waals surface area contributed by atoms with E-state index in [4.69, 9.17) is 9.47 Å². The van der Waals surface area contributed by atoms with Crippen molar-refractivity contribution in [3.63, 3.8) is 0 Å². The zero-order valence-electron chi connectivity index (χ0n) is 12.5. The molecular formula is C16H22O4. The van der Waals surface area contributed by atoms with Gasteiger partial charge < -0.3 is 9.47 Å². The Hall–Kier alpha value is -1.84. The number of hydrogen-bond donors (Lipinski definition) is 0. The maximum Gasteiger partial charge on any atom is 0.317 e. The van der Waals surface area contributed by atoms with E-state index in [0.717, 1.165) is 0 Å². The Morgan fingerprint density at radius 3 is 2.30 bits per heavy atom. The van der Waals surface area contributed by atoms with Gasteiger partial charge in [-0.15, -0.1) is 0 Å². The lowest BCUT2D eigenvalue weighted by Crippen LogP contribution is -2.31. The van der Waals surface area contributed by atoms with Crippen LogP contribution < -0.4 is 4.74 Å². The van der Waals surface area contributed by atoms with Crippen molar-refractivity contribution in [2.24, 2.45) is 11.8 Å². The summed E-state index contributed by atoms with van der Waals surface area (Å²) in [5.74, 6) is -1.14. The van der Waals surface area contributed by atoms with Crippen LogP contribution in [0.4, 0.5) is 0 Å².